The largest absolute Gasteiger partial charge is 0.349 e. The first-order valence-electron chi connectivity index (χ1n) is 8.66. The standard InChI is InChI=1S/C19H24N4OS/c1-6-12(4)21-18(24)16-13(5)22-19(25-16)15-10-23(11(2)3)17-14(15)8-7-9-20-17/h7-12H,6H2,1-5H3,(H,21,24)/t12-/m0/s1. The minimum Gasteiger partial charge on any atom is -0.349 e. The number of aromatic nitrogens is 3. The number of fused-ring (bicyclic) bond motifs is 1. The molecule has 0 unspecified atom stereocenters. The summed E-state index contributed by atoms with van der Waals surface area (Å²) in [5.41, 5.74) is 2.76. The molecule has 3 aromatic heterocycles. The fourth-order valence-corrected chi connectivity index (χ4v) is 3.75. The number of carbonyl (C=O) groups is 1. The van der Waals surface area contributed by atoms with Gasteiger partial charge in [0, 0.05) is 35.4 Å². The van der Waals surface area contributed by atoms with E-state index >= 15 is 0 Å². The fraction of sp³-hybridized carbons (Fsp3) is 0.421. The summed E-state index contributed by atoms with van der Waals surface area (Å²) in [7, 11) is 0. The van der Waals surface area contributed by atoms with Gasteiger partial charge in [-0.15, -0.1) is 11.3 Å². The molecule has 5 nitrogen and oxygen atoms in total. The Labute approximate surface area is 152 Å². The molecule has 132 valence electrons. The summed E-state index contributed by atoms with van der Waals surface area (Å²) >= 11 is 1.45. The van der Waals surface area contributed by atoms with Crippen LogP contribution in [0.4, 0.5) is 0 Å². The molecule has 1 atom stereocenters. The molecule has 0 saturated carbocycles. The second kappa shape index (κ2) is 6.96. The van der Waals surface area contributed by atoms with E-state index in [9.17, 15) is 4.79 Å². The van der Waals surface area contributed by atoms with Crippen LogP contribution in [-0.4, -0.2) is 26.5 Å². The quantitative estimate of drug-likeness (QED) is 0.728. The van der Waals surface area contributed by atoms with Crippen molar-refractivity contribution in [1.82, 2.24) is 19.9 Å². The number of nitrogens with one attached hydrogen (secondary N) is 1. The van der Waals surface area contributed by atoms with Crippen LogP contribution < -0.4 is 5.32 Å². The van der Waals surface area contributed by atoms with Gasteiger partial charge in [-0.25, -0.2) is 9.97 Å². The first-order valence-corrected chi connectivity index (χ1v) is 9.48. The van der Waals surface area contributed by atoms with Crippen LogP contribution >= 0.6 is 11.3 Å². The third-order valence-corrected chi connectivity index (χ3v) is 5.56. The molecule has 0 aliphatic heterocycles. The Morgan fingerprint density at radius 1 is 1.36 bits per heavy atom. The maximum Gasteiger partial charge on any atom is 0.263 e. The van der Waals surface area contributed by atoms with E-state index in [1.807, 2.05) is 26.1 Å². The van der Waals surface area contributed by atoms with Gasteiger partial charge in [-0.1, -0.05) is 6.92 Å². The highest BCUT2D eigenvalue weighted by Gasteiger charge is 2.20. The Morgan fingerprint density at radius 2 is 2.12 bits per heavy atom. The van der Waals surface area contributed by atoms with E-state index in [4.69, 9.17) is 0 Å². The van der Waals surface area contributed by atoms with E-state index in [0.717, 1.165) is 33.7 Å². The normalized spacial score (nSPS) is 12.7. The van der Waals surface area contributed by atoms with Gasteiger partial charge in [0.15, 0.2) is 0 Å². The number of carbonyl (C=O) groups excluding carboxylic acids is 1. The number of amides is 1. The third kappa shape index (κ3) is 3.31. The highest BCUT2D eigenvalue weighted by molar-refractivity contribution is 7.17. The SMILES string of the molecule is CC[C@H](C)NC(=O)c1sc(-c2cn(C(C)C)c3ncccc23)nc1C. The first-order chi connectivity index (χ1) is 11.9. The van der Waals surface area contributed by atoms with Gasteiger partial charge in [0.2, 0.25) is 0 Å². The molecule has 3 rings (SSSR count). The summed E-state index contributed by atoms with van der Waals surface area (Å²) in [4.78, 5) is 22.4. The molecule has 25 heavy (non-hydrogen) atoms. The van der Waals surface area contributed by atoms with E-state index in [1.54, 1.807) is 0 Å². The van der Waals surface area contributed by atoms with Crippen molar-refractivity contribution in [2.24, 2.45) is 0 Å². The summed E-state index contributed by atoms with van der Waals surface area (Å²) in [6.45, 7) is 10.2. The molecule has 3 aromatic rings. The molecule has 0 aromatic carbocycles. The molecule has 0 spiro atoms. The lowest BCUT2D eigenvalue weighted by atomic mass is 10.2. The lowest BCUT2D eigenvalue weighted by molar-refractivity contribution is 0.0942. The fourth-order valence-electron chi connectivity index (χ4n) is 2.76. The van der Waals surface area contributed by atoms with Crippen LogP contribution in [0.15, 0.2) is 24.5 Å². The van der Waals surface area contributed by atoms with Crippen LogP contribution in [0.2, 0.25) is 0 Å². The zero-order valence-electron chi connectivity index (χ0n) is 15.3. The van der Waals surface area contributed by atoms with Crippen molar-refractivity contribution in [1.29, 1.82) is 0 Å². The molecule has 0 aliphatic rings. The lowest BCUT2D eigenvalue weighted by Gasteiger charge is -2.09. The number of nitrogens with zero attached hydrogens (tertiary/aromatic N) is 3. The van der Waals surface area contributed by atoms with Gasteiger partial charge in [0.1, 0.15) is 15.5 Å². The number of hydrogen-bond acceptors (Lipinski definition) is 4. The predicted molar refractivity (Wildman–Crippen MR) is 103 cm³/mol. The summed E-state index contributed by atoms with van der Waals surface area (Å²) in [5.74, 6) is -0.0404. The number of hydrogen-bond donors (Lipinski definition) is 1. The van der Waals surface area contributed by atoms with Crippen LogP contribution in [0.25, 0.3) is 21.6 Å². The van der Waals surface area contributed by atoms with Gasteiger partial charge in [-0.05, 0) is 46.2 Å². The Hall–Kier alpha value is -2.21. The molecule has 0 bridgehead atoms. The minimum absolute atomic E-state index is 0.0404. The number of rotatable bonds is 5. The van der Waals surface area contributed by atoms with Gasteiger partial charge < -0.3 is 9.88 Å². The molecule has 0 radical (unpaired) electrons. The number of pyridine rings is 1. The Bertz CT molecular complexity index is 909. The maximum atomic E-state index is 12.5. The molecular formula is C19H24N4OS. The molecule has 0 saturated heterocycles. The van der Waals surface area contributed by atoms with Crippen LogP contribution in [0.3, 0.4) is 0 Å². The van der Waals surface area contributed by atoms with Gasteiger partial charge in [0.25, 0.3) is 5.91 Å². The van der Waals surface area contributed by atoms with E-state index < -0.39 is 0 Å². The number of thiazole rings is 1. The van der Waals surface area contributed by atoms with Crippen molar-refractivity contribution in [3.63, 3.8) is 0 Å². The lowest BCUT2D eigenvalue weighted by Crippen LogP contribution is -2.31. The zero-order valence-corrected chi connectivity index (χ0v) is 16.1. The summed E-state index contributed by atoms with van der Waals surface area (Å²) in [6, 6.07) is 4.46. The Kier molecular flexibility index (Phi) is 4.90. The molecule has 1 amide bonds. The average Bonchev–Trinajstić information content (AvgIpc) is 3.15. The van der Waals surface area contributed by atoms with Crippen molar-refractivity contribution in [2.45, 2.75) is 53.1 Å². The van der Waals surface area contributed by atoms with Crippen LogP contribution in [0.5, 0.6) is 0 Å². The molecule has 3 heterocycles. The van der Waals surface area contributed by atoms with Crippen molar-refractivity contribution in [2.75, 3.05) is 0 Å². The second-order valence-electron chi connectivity index (χ2n) is 6.63. The summed E-state index contributed by atoms with van der Waals surface area (Å²) < 4.78 is 2.15. The van der Waals surface area contributed by atoms with Crippen molar-refractivity contribution < 1.29 is 4.79 Å². The zero-order chi connectivity index (χ0) is 18.1. The van der Waals surface area contributed by atoms with Crippen molar-refractivity contribution >= 4 is 28.3 Å². The van der Waals surface area contributed by atoms with Gasteiger partial charge in [0.05, 0.1) is 5.69 Å². The van der Waals surface area contributed by atoms with E-state index in [1.165, 1.54) is 11.3 Å². The molecular weight excluding hydrogens is 332 g/mol. The van der Waals surface area contributed by atoms with Crippen molar-refractivity contribution in [3.05, 3.63) is 35.1 Å². The maximum absolute atomic E-state index is 12.5. The highest BCUT2D eigenvalue weighted by atomic mass is 32.1. The Morgan fingerprint density at radius 3 is 2.80 bits per heavy atom. The monoisotopic (exact) mass is 356 g/mol. The predicted octanol–water partition coefficient (Wildman–Crippen LogP) is 4.58. The van der Waals surface area contributed by atoms with Crippen LogP contribution in [-0.2, 0) is 0 Å². The summed E-state index contributed by atoms with van der Waals surface area (Å²) in [5, 5.41) is 4.96. The van der Waals surface area contributed by atoms with E-state index in [0.29, 0.717) is 10.9 Å². The van der Waals surface area contributed by atoms with Crippen LogP contribution in [0, 0.1) is 6.92 Å². The number of aryl methyl sites for hydroxylation is 1. The van der Waals surface area contributed by atoms with E-state index in [-0.39, 0.29) is 11.9 Å². The summed E-state index contributed by atoms with van der Waals surface area (Å²) in [6.07, 6.45) is 4.81. The topological polar surface area (TPSA) is 59.8 Å². The van der Waals surface area contributed by atoms with Gasteiger partial charge >= 0.3 is 0 Å². The smallest absolute Gasteiger partial charge is 0.263 e. The van der Waals surface area contributed by atoms with Gasteiger partial charge in [-0.3, -0.25) is 4.79 Å². The molecule has 1 N–H and O–H groups in total. The van der Waals surface area contributed by atoms with Crippen molar-refractivity contribution in [3.8, 4) is 10.6 Å². The average molecular weight is 356 g/mol. The molecule has 0 aliphatic carbocycles. The van der Waals surface area contributed by atoms with Crippen LogP contribution in [0.1, 0.15) is 55.5 Å². The Balaban J connectivity index is 2.05. The third-order valence-electron chi connectivity index (χ3n) is 4.37. The molecule has 6 heteroatoms. The molecule has 0 fully saturated rings. The van der Waals surface area contributed by atoms with E-state index in [2.05, 4.69) is 52.9 Å². The second-order valence-corrected chi connectivity index (χ2v) is 7.63. The van der Waals surface area contributed by atoms with Gasteiger partial charge in [-0.2, -0.15) is 0 Å². The highest BCUT2D eigenvalue weighted by Crippen LogP contribution is 2.35. The first kappa shape index (κ1) is 17.6. The minimum atomic E-state index is -0.0404.